The summed E-state index contributed by atoms with van der Waals surface area (Å²) in [6, 6.07) is 9.52. The lowest BCUT2D eigenvalue weighted by Crippen LogP contribution is -2.33. The Morgan fingerprint density at radius 1 is 1.20 bits per heavy atom. The van der Waals surface area contributed by atoms with Gasteiger partial charge in [0.25, 0.3) is 0 Å². The minimum Gasteiger partial charge on any atom is -0.312 e. The van der Waals surface area contributed by atoms with Gasteiger partial charge in [-0.2, -0.15) is 0 Å². The Morgan fingerprint density at radius 3 is 2.40 bits per heavy atom. The number of benzene rings is 1. The molecule has 1 aliphatic carbocycles. The van der Waals surface area contributed by atoms with Gasteiger partial charge >= 0.3 is 0 Å². The van der Waals surface area contributed by atoms with Crippen LogP contribution in [0.2, 0.25) is 0 Å². The molecule has 20 heavy (non-hydrogen) atoms. The second-order valence-corrected chi connectivity index (χ2v) is 6.31. The summed E-state index contributed by atoms with van der Waals surface area (Å²) in [7, 11) is 4.34. The van der Waals surface area contributed by atoms with E-state index in [1.165, 1.54) is 43.4 Å². The van der Waals surface area contributed by atoms with Crippen molar-refractivity contribution < 1.29 is 0 Å². The van der Waals surface area contributed by atoms with Crippen LogP contribution in [0.25, 0.3) is 0 Å². The maximum Gasteiger partial charge on any atom is 0.0446 e. The standard InChI is InChI=1S/C18H30N2/c1-4-15-9-11-17(12-10-15)18(19-2)14-20(3)13-16-7-5-6-8-16/h9-12,16,18-19H,4-8,13-14H2,1-3H3. The van der Waals surface area contributed by atoms with Crippen LogP contribution in [0.15, 0.2) is 24.3 Å². The molecule has 2 rings (SSSR count). The van der Waals surface area contributed by atoms with E-state index in [-0.39, 0.29) is 0 Å². The fourth-order valence-corrected chi connectivity index (χ4v) is 3.37. The normalized spacial score (nSPS) is 17.8. The molecule has 0 amide bonds. The maximum atomic E-state index is 3.47. The van der Waals surface area contributed by atoms with Crippen LogP contribution in [-0.4, -0.2) is 32.1 Å². The van der Waals surface area contributed by atoms with Gasteiger partial charge in [-0.15, -0.1) is 0 Å². The quantitative estimate of drug-likeness (QED) is 0.817. The first-order chi connectivity index (χ1) is 9.72. The van der Waals surface area contributed by atoms with Crippen molar-refractivity contribution in [2.24, 2.45) is 5.92 Å². The summed E-state index contributed by atoms with van der Waals surface area (Å²) in [6.45, 7) is 4.56. The van der Waals surface area contributed by atoms with Crippen LogP contribution in [0.5, 0.6) is 0 Å². The lowest BCUT2D eigenvalue weighted by Gasteiger charge is -2.26. The van der Waals surface area contributed by atoms with E-state index in [0.29, 0.717) is 6.04 Å². The number of nitrogens with one attached hydrogen (secondary N) is 1. The number of likely N-dealkylation sites (N-methyl/N-ethyl adjacent to an activating group) is 2. The number of rotatable bonds is 7. The molecular weight excluding hydrogens is 244 g/mol. The first-order valence-corrected chi connectivity index (χ1v) is 8.17. The van der Waals surface area contributed by atoms with Crippen LogP contribution >= 0.6 is 0 Å². The minimum atomic E-state index is 0.437. The molecule has 0 aliphatic heterocycles. The Bertz CT molecular complexity index is 379. The molecule has 1 N–H and O–H groups in total. The average molecular weight is 274 g/mol. The fraction of sp³-hybridized carbons (Fsp3) is 0.667. The molecule has 0 bridgehead atoms. The van der Waals surface area contributed by atoms with Gasteiger partial charge in [-0.1, -0.05) is 44.0 Å². The minimum absolute atomic E-state index is 0.437. The van der Waals surface area contributed by atoms with E-state index in [4.69, 9.17) is 0 Å². The maximum absolute atomic E-state index is 3.47. The molecule has 1 fully saturated rings. The SMILES string of the molecule is CCc1ccc(C(CN(C)CC2CCCC2)NC)cc1. The second kappa shape index (κ2) is 7.80. The lowest BCUT2D eigenvalue weighted by molar-refractivity contribution is 0.253. The summed E-state index contributed by atoms with van der Waals surface area (Å²) in [5.74, 6) is 0.931. The van der Waals surface area contributed by atoms with E-state index >= 15 is 0 Å². The zero-order valence-corrected chi connectivity index (χ0v) is 13.4. The Kier molecular flexibility index (Phi) is 6.06. The summed E-state index contributed by atoms with van der Waals surface area (Å²) < 4.78 is 0. The van der Waals surface area contributed by atoms with Crippen LogP contribution in [-0.2, 0) is 6.42 Å². The van der Waals surface area contributed by atoms with Gasteiger partial charge in [-0.05, 0) is 50.4 Å². The Hall–Kier alpha value is -0.860. The predicted octanol–water partition coefficient (Wildman–Crippen LogP) is 3.63. The van der Waals surface area contributed by atoms with Crippen molar-refractivity contribution in [2.75, 3.05) is 27.2 Å². The largest absolute Gasteiger partial charge is 0.312 e. The number of hydrogen-bond acceptors (Lipinski definition) is 2. The van der Waals surface area contributed by atoms with E-state index in [9.17, 15) is 0 Å². The molecule has 0 saturated heterocycles. The molecule has 1 atom stereocenters. The van der Waals surface area contributed by atoms with Gasteiger partial charge in [0.05, 0.1) is 0 Å². The second-order valence-electron chi connectivity index (χ2n) is 6.31. The summed E-state index contributed by atoms with van der Waals surface area (Å²) >= 11 is 0. The van der Waals surface area contributed by atoms with Gasteiger partial charge in [0.2, 0.25) is 0 Å². The number of hydrogen-bond donors (Lipinski definition) is 1. The van der Waals surface area contributed by atoms with Crippen molar-refractivity contribution in [3.8, 4) is 0 Å². The van der Waals surface area contributed by atoms with Crippen LogP contribution in [0.1, 0.15) is 49.8 Å². The highest BCUT2D eigenvalue weighted by Crippen LogP contribution is 2.25. The van der Waals surface area contributed by atoms with Gasteiger partial charge in [-0.25, -0.2) is 0 Å². The fourth-order valence-electron chi connectivity index (χ4n) is 3.37. The zero-order chi connectivity index (χ0) is 14.4. The van der Waals surface area contributed by atoms with Crippen molar-refractivity contribution in [2.45, 2.75) is 45.1 Å². The zero-order valence-electron chi connectivity index (χ0n) is 13.4. The molecule has 1 aliphatic rings. The summed E-state index contributed by atoms with van der Waals surface area (Å²) in [5, 5.41) is 3.47. The van der Waals surface area contributed by atoms with Crippen molar-refractivity contribution in [3.63, 3.8) is 0 Å². The summed E-state index contributed by atoms with van der Waals surface area (Å²) in [6.07, 6.45) is 6.85. The first kappa shape index (κ1) is 15.5. The van der Waals surface area contributed by atoms with E-state index in [0.717, 1.165) is 18.9 Å². The highest BCUT2D eigenvalue weighted by molar-refractivity contribution is 5.25. The topological polar surface area (TPSA) is 15.3 Å². The van der Waals surface area contributed by atoms with Gasteiger partial charge in [-0.3, -0.25) is 0 Å². The van der Waals surface area contributed by atoms with Crippen LogP contribution in [0.3, 0.4) is 0 Å². The van der Waals surface area contributed by atoms with Crippen LogP contribution in [0.4, 0.5) is 0 Å². The third-order valence-corrected chi connectivity index (χ3v) is 4.68. The van der Waals surface area contributed by atoms with Gasteiger partial charge in [0.1, 0.15) is 0 Å². The Labute approximate surface area is 124 Å². The summed E-state index contributed by atoms with van der Waals surface area (Å²) in [4.78, 5) is 2.50. The molecular formula is C18H30N2. The van der Waals surface area contributed by atoms with E-state index in [2.05, 4.69) is 55.5 Å². The third kappa shape index (κ3) is 4.32. The van der Waals surface area contributed by atoms with Crippen molar-refractivity contribution in [1.29, 1.82) is 0 Å². The first-order valence-electron chi connectivity index (χ1n) is 8.17. The molecule has 1 saturated carbocycles. The molecule has 0 spiro atoms. The Balaban J connectivity index is 1.89. The molecule has 2 nitrogen and oxygen atoms in total. The molecule has 1 aromatic rings. The molecule has 0 radical (unpaired) electrons. The van der Waals surface area contributed by atoms with Crippen molar-refractivity contribution >= 4 is 0 Å². The van der Waals surface area contributed by atoms with Crippen LogP contribution < -0.4 is 5.32 Å². The molecule has 0 aromatic heterocycles. The van der Waals surface area contributed by atoms with E-state index in [1.54, 1.807) is 0 Å². The predicted molar refractivity (Wildman–Crippen MR) is 87.1 cm³/mol. The van der Waals surface area contributed by atoms with Crippen molar-refractivity contribution in [3.05, 3.63) is 35.4 Å². The van der Waals surface area contributed by atoms with Crippen LogP contribution in [0, 0.1) is 5.92 Å². The monoisotopic (exact) mass is 274 g/mol. The molecule has 2 heteroatoms. The number of nitrogens with zero attached hydrogens (tertiary/aromatic N) is 1. The average Bonchev–Trinajstić information content (AvgIpc) is 2.97. The highest BCUT2D eigenvalue weighted by atomic mass is 15.1. The van der Waals surface area contributed by atoms with E-state index < -0.39 is 0 Å². The summed E-state index contributed by atoms with van der Waals surface area (Å²) in [5.41, 5.74) is 2.82. The van der Waals surface area contributed by atoms with Gasteiger partial charge in [0, 0.05) is 19.1 Å². The lowest BCUT2D eigenvalue weighted by atomic mass is 10.0. The molecule has 112 valence electrons. The van der Waals surface area contributed by atoms with Gasteiger partial charge in [0.15, 0.2) is 0 Å². The van der Waals surface area contributed by atoms with Gasteiger partial charge < -0.3 is 10.2 Å². The molecule has 1 aromatic carbocycles. The number of aryl methyl sites for hydroxylation is 1. The Morgan fingerprint density at radius 2 is 1.85 bits per heavy atom. The van der Waals surface area contributed by atoms with Crippen molar-refractivity contribution in [1.82, 2.24) is 10.2 Å². The third-order valence-electron chi connectivity index (χ3n) is 4.68. The van der Waals surface area contributed by atoms with E-state index in [1.807, 2.05) is 0 Å². The smallest absolute Gasteiger partial charge is 0.0446 e. The highest BCUT2D eigenvalue weighted by Gasteiger charge is 2.19. The molecule has 1 unspecified atom stereocenters. The molecule has 0 heterocycles.